The first-order valence-corrected chi connectivity index (χ1v) is 6.93. The summed E-state index contributed by atoms with van der Waals surface area (Å²) in [6.45, 7) is 2.63. The Morgan fingerprint density at radius 2 is 2.12 bits per heavy atom. The number of hydrogen-bond donors (Lipinski definition) is 3. The van der Waals surface area contributed by atoms with Gasteiger partial charge in [-0.3, -0.25) is 0 Å². The molecule has 0 saturated carbocycles. The number of urea groups is 1. The van der Waals surface area contributed by atoms with Crippen molar-refractivity contribution in [3.8, 4) is 0 Å². The third kappa shape index (κ3) is 3.80. The van der Waals surface area contributed by atoms with Gasteiger partial charge in [0.1, 0.15) is 4.21 Å². The molecule has 0 spiro atoms. The maximum atomic E-state index is 11.1. The lowest BCUT2D eigenvalue weighted by Crippen LogP contribution is -2.34. The molecule has 0 aliphatic carbocycles. The average Bonchev–Trinajstić information content (AvgIpc) is 2.63. The number of sulfonamides is 1. The first-order chi connectivity index (χ1) is 7.43. The number of hydrogen-bond acceptors (Lipinski definition) is 4. The van der Waals surface area contributed by atoms with Crippen LogP contribution in [0.4, 0.5) is 4.79 Å². The summed E-state index contributed by atoms with van der Waals surface area (Å²) in [6.07, 6.45) is 0. The summed E-state index contributed by atoms with van der Waals surface area (Å²) in [5.41, 5.74) is 0. The summed E-state index contributed by atoms with van der Waals surface area (Å²) in [5.74, 6) is 0. The van der Waals surface area contributed by atoms with Crippen LogP contribution < -0.4 is 15.8 Å². The van der Waals surface area contributed by atoms with Gasteiger partial charge in [0.05, 0.1) is 6.54 Å². The van der Waals surface area contributed by atoms with E-state index in [1.165, 1.54) is 6.07 Å². The molecule has 6 nitrogen and oxygen atoms in total. The van der Waals surface area contributed by atoms with E-state index < -0.39 is 10.0 Å². The summed E-state index contributed by atoms with van der Waals surface area (Å²) in [4.78, 5) is 11.8. The molecule has 1 aromatic heterocycles. The molecular formula is C8H13N3O3S2. The molecule has 0 aromatic carbocycles. The van der Waals surface area contributed by atoms with E-state index in [4.69, 9.17) is 5.14 Å². The molecule has 1 aromatic rings. The molecule has 0 saturated heterocycles. The van der Waals surface area contributed by atoms with Crippen molar-refractivity contribution in [2.75, 3.05) is 6.54 Å². The van der Waals surface area contributed by atoms with Gasteiger partial charge in [-0.25, -0.2) is 18.4 Å². The topological polar surface area (TPSA) is 101 Å². The Kier molecular flexibility index (Phi) is 4.27. The van der Waals surface area contributed by atoms with Crippen molar-refractivity contribution in [1.82, 2.24) is 10.6 Å². The number of carbonyl (C=O) groups excluding carboxylic acids is 1. The Morgan fingerprint density at radius 3 is 2.62 bits per heavy atom. The molecule has 0 unspecified atom stereocenters. The van der Waals surface area contributed by atoms with Crippen LogP contribution in [0.5, 0.6) is 0 Å². The monoisotopic (exact) mass is 263 g/mol. The number of amides is 2. The van der Waals surface area contributed by atoms with Crippen LogP contribution >= 0.6 is 11.3 Å². The van der Waals surface area contributed by atoms with Crippen LogP contribution in [0.2, 0.25) is 0 Å². The summed E-state index contributed by atoms with van der Waals surface area (Å²) in [7, 11) is -3.64. The van der Waals surface area contributed by atoms with E-state index in [9.17, 15) is 13.2 Å². The van der Waals surface area contributed by atoms with Gasteiger partial charge in [0.2, 0.25) is 10.0 Å². The number of nitrogens with two attached hydrogens (primary N) is 1. The van der Waals surface area contributed by atoms with Gasteiger partial charge in [0.25, 0.3) is 0 Å². The van der Waals surface area contributed by atoms with Gasteiger partial charge in [-0.05, 0) is 19.1 Å². The molecule has 0 atom stereocenters. The SMILES string of the molecule is CCNC(=O)NCc1ccc(S(N)(=O)=O)s1. The zero-order chi connectivity index (χ0) is 12.2. The number of carbonyl (C=O) groups is 1. The van der Waals surface area contributed by atoms with Crippen LogP contribution in [-0.4, -0.2) is 21.0 Å². The minimum absolute atomic E-state index is 0.0974. The Labute approximate surface area is 97.9 Å². The predicted octanol–water partition coefficient (Wildman–Crippen LogP) is 0.215. The number of primary sulfonamides is 1. The van der Waals surface area contributed by atoms with Crippen LogP contribution in [0.3, 0.4) is 0 Å². The first kappa shape index (κ1) is 12.9. The maximum Gasteiger partial charge on any atom is 0.315 e. The Bertz CT molecular complexity index is 467. The second-order valence-corrected chi connectivity index (χ2v) is 5.94. The summed E-state index contributed by atoms with van der Waals surface area (Å²) in [6, 6.07) is 2.76. The van der Waals surface area contributed by atoms with Crippen LogP contribution in [0.25, 0.3) is 0 Å². The van der Waals surface area contributed by atoms with E-state index in [0.29, 0.717) is 6.54 Å². The quantitative estimate of drug-likeness (QED) is 0.724. The highest BCUT2D eigenvalue weighted by Crippen LogP contribution is 2.19. The molecule has 0 aliphatic rings. The van der Waals surface area contributed by atoms with E-state index in [2.05, 4.69) is 10.6 Å². The van der Waals surface area contributed by atoms with Gasteiger partial charge < -0.3 is 10.6 Å². The highest BCUT2D eigenvalue weighted by atomic mass is 32.2. The highest BCUT2D eigenvalue weighted by Gasteiger charge is 2.11. The smallest absolute Gasteiger partial charge is 0.315 e. The second kappa shape index (κ2) is 5.28. The molecule has 0 fully saturated rings. The molecule has 1 rings (SSSR count). The summed E-state index contributed by atoms with van der Waals surface area (Å²) < 4.78 is 22.0. The van der Waals surface area contributed by atoms with E-state index in [1.807, 2.05) is 6.92 Å². The van der Waals surface area contributed by atoms with Crippen molar-refractivity contribution in [2.45, 2.75) is 17.7 Å². The molecular weight excluding hydrogens is 250 g/mol. The van der Waals surface area contributed by atoms with Crippen LogP contribution in [0.1, 0.15) is 11.8 Å². The second-order valence-electron chi connectivity index (χ2n) is 2.98. The first-order valence-electron chi connectivity index (χ1n) is 4.56. The lowest BCUT2D eigenvalue weighted by atomic mass is 10.5. The van der Waals surface area contributed by atoms with Gasteiger partial charge in [-0.15, -0.1) is 11.3 Å². The molecule has 1 heterocycles. The largest absolute Gasteiger partial charge is 0.338 e. The van der Waals surface area contributed by atoms with Crippen LogP contribution in [0, 0.1) is 0 Å². The van der Waals surface area contributed by atoms with Crippen molar-refractivity contribution in [1.29, 1.82) is 0 Å². The van der Waals surface area contributed by atoms with E-state index in [1.54, 1.807) is 6.07 Å². The summed E-state index contributed by atoms with van der Waals surface area (Å²) in [5, 5.41) is 10.1. The van der Waals surface area contributed by atoms with E-state index in [-0.39, 0.29) is 16.8 Å². The fourth-order valence-electron chi connectivity index (χ4n) is 0.997. The zero-order valence-corrected chi connectivity index (χ0v) is 10.3. The molecule has 90 valence electrons. The van der Waals surface area contributed by atoms with Crippen molar-refractivity contribution in [3.05, 3.63) is 17.0 Å². The molecule has 0 bridgehead atoms. The fourth-order valence-corrected chi connectivity index (χ4v) is 2.71. The van der Waals surface area contributed by atoms with Gasteiger partial charge in [0.15, 0.2) is 0 Å². The van der Waals surface area contributed by atoms with Crippen molar-refractivity contribution in [3.63, 3.8) is 0 Å². The molecule has 4 N–H and O–H groups in total. The molecule has 0 radical (unpaired) electrons. The Morgan fingerprint density at radius 1 is 1.44 bits per heavy atom. The number of thiophene rings is 1. The maximum absolute atomic E-state index is 11.1. The minimum Gasteiger partial charge on any atom is -0.338 e. The van der Waals surface area contributed by atoms with Gasteiger partial charge >= 0.3 is 6.03 Å². The Hall–Kier alpha value is -1.12. The van der Waals surface area contributed by atoms with Crippen molar-refractivity contribution < 1.29 is 13.2 Å². The van der Waals surface area contributed by atoms with Gasteiger partial charge in [-0.2, -0.15) is 0 Å². The van der Waals surface area contributed by atoms with E-state index >= 15 is 0 Å². The fraction of sp³-hybridized carbons (Fsp3) is 0.375. The van der Waals surface area contributed by atoms with Crippen molar-refractivity contribution in [2.24, 2.45) is 5.14 Å². The lowest BCUT2D eigenvalue weighted by Gasteiger charge is -2.03. The lowest BCUT2D eigenvalue weighted by molar-refractivity contribution is 0.241. The molecule has 8 heteroatoms. The summed E-state index contributed by atoms with van der Waals surface area (Å²) >= 11 is 1.04. The standard InChI is InChI=1S/C8H13N3O3S2/c1-2-10-8(12)11-5-6-3-4-7(15-6)16(9,13)14/h3-4H,2,5H2,1H3,(H2,9,13,14)(H2,10,11,12). The highest BCUT2D eigenvalue weighted by molar-refractivity contribution is 7.91. The minimum atomic E-state index is -3.64. The molecule has 16 heavy (non-hydrogen) atoms. The average molecular weight is 263 g/mol. The molecule has 2 amide bonds. The van der Waals surface area contributed by atoms with Crippen molar-refractivity contribution >= 4 is 27.4 Å². The Balaban J connectivity index is 2.57. The zero-order valence-electron chi connectivity index (χ0n) is 8.69. The number of nitrogens with one attached hydrogen (secondary N) is 2. The predicted molar refractivity (Wildman–Crippen MR) is 61.6 cm³/mol. The van der Waals surface area contributed by atoms with Crippen LogP contribution in [-0.2, 0) is 16.6 Å². The third-order valence-electron chi connectivity index (χ3n) is 1.68. The number of rotatable bonds is 4. The van der Waals surface area contributed by atoms with Gasteiger partial charge in [0, 0.05) is 11.4 Å². The third-order valence-corrected chi connectivity index (χ3v) is 4.20. The van der Waals surface area contributed by atoms with Crippen LogP contribution in [0.15, 0.2) is 16.3 Å². The molecule has 0 aliphatic heterocycles. The van der Waals surface area contributed by atoms with E-state index in [0.717, 1.165) is 16.2 Å². The van der Waals surface area contributed by atoms with Gasteiger partial charge in [-0.1, -0.05) is 0 Å². The normalized spacial score (nSPS) is 11.1.